The monoisotopic (exact) mass is 326 g/mol. The Labute approximate surface area is 138 Å². The van der Waals surface area contributed by atoms with Crippen LogP contribution in [0.5, 0.6) is 0 Å². The summed E-state index contributed by atoms with van der Waals surface area (Å²) in [6.45, 7) is 0.859. The lowest BCUT2D eigenvalue weighted by Crippen LogP contribution is -2.23. The first kappa shape index (κ1) is 14.1. The molecule has 0 saturated heterocycles. The van der Waals surface area contributed by atoms with Crippen LogP contribution in [0.15, 0.2) is 47.2 Å². The Kier molecular flexibility index (Phi) is 4.06. The van der Waals surface area contributed by atoms with E-state index >= 15 is 0 Å². The Morgan fingerprint density at radius 1 is 1.14 bits per heavy atom. The molecular weight excluding hydrogens is 308 g/mol. The van der Waals surface area contributed by atoms with Crippen LogP contribution in [0.25, 0.3) is 11.3 Å². The van der Waals surface area contributed by atoms with Gasteiger partial charge < -0.3 is 5.32 Å². The molecule has 4 heteroatoms. The molecule has 4 rings (SSSR count). The fourth-order valence-corrected chi connectivity index (χ4v) is 4.78. The molecular formula is C18H18N2S2. The van der Waals surface area contributed by atoms with E-state index in [-0.39, 0.29) is 0 Å². The van der Waals surface area contributed by atoms with Gasteiger partial charge in [-0.2, -0.15) is 0 Å². The van der Waals surface area contributed by atoms with Gasteiger partial charge in [-0.1, -0.05) is 30.3 Å². The maximum Gasteiger partial charge on any atom is 0.107 e. The average Bonchev–Trinajstić information content (AvgIpc) is 3.23. The van der Waals surface area contributed by atoms with E-state index in [0.717, 1.165) is 12.2 Å². The van der Waals surface area contributed by atoms with E-state index in [2.05, 4.69) is 46.4 Å². The van der Waals surface area contributed by atoms with E-state index in [1.165, 1.54) is 35.4 Å². The summed E-state index contributed by atoms with van der Waals surface area (Å²) in [6, 6.07) is 13.2. The van der Waals surface area contributed by atoms with Crippen molar-refractivity contribution in [2.24, 2.45) is 0 Å². The highest BCUT2D eigenvalue weighted by atomic mass is 32.1. The van der Waals surface area contributed by atoms with Crippen molar-refractivity contribution in [1.82, 2.24) is 10.3 Å². The molecule has 0 amide bonds. The van der Waals surface area contributed by atoms with Crippen LogP contribution in [-0.4, -0.2) is 4.98 Å². The van der Waals surface area contributed by atoms with Gasteiger partial charge in [-0.3, -0.25) is 0 Å². The van der Waals surface area contributed by atoms with E-state index in [9.17, 15) is 0 Å². The Morgan fingerprint density at radius 2 is 2.05 bits per heavy atom. The first-order chi connectivity index (χ1) is 10.9. The fourth-order valence-electron chi connectivity index (χ4n) is 3.04. The van der Waals surface area contributed by atoms with E-state index < -0.39 is 0 Å². The predicted octanol–water partition coefficient (Wildman–Crippen LogP) is 5.04. The molecule has 2 heterocycles. The third kappa shape index (κ3) is 2.86. The van der Waals surface area contributed by atoms with Crippen LogP contribution < -0.4 is 5.32 Å². The van der Waals surface area contributed by atoms with Gasteiger partial charge in [0.1, 0.15) is 5.01 Å². The summed E-state index contributed by atoms with van der Waals surface area (Å²) in [5.74, 6) is 0. The standard InChI is InChI=1S/C18H18N2S2/c1-2-5-13(6-3-1)16-12-22-18(20-16)11-19-15-7-4-8-17-14(15)9-10-21-17/h1-3,5-6,9-10,12,15,19H,4,7-8,11H2. The van der Waals surface area contributed by atoms with Crippen molar-refractivity contribution in [3.8, 4) is 11.3 Å². The molecule has 0 saturated carbocycles. The van der Waals surface area contributed by atoms with E-state index in [1.54, 1.807) is 16.2 Å². The van der Waals surface area contributed by atoms with Gasteiger partial charge >= 0.3 is 0 Å². The van der Waals surface area contributed by atoms with Crippen molar-refractivity contribution in [1.29, 1.82) is 0 Å². The molecule has 1 atom stereocenters. The van der Waals surface area contributed by atoms with Crippen molar-refractivity contribution in [2.45, 2.75) is 31.8 Å². The predicted molar refractivity (Wildman–Crippen MR) is 94.4 cm³/mol. The van der Waals surface area contributed by atoms with Crippen molar-refractivity contribution >= 4 is 22.7 Å². The lowest BCUT2D eigenvalue weighted by atomic mass is 9.94. The van der Waals surface area contributed by atoms with Gasteiger partial charge in [-0.15, -0.1) is 22.7 Å². The molecule has 1 aliphatic carbocycles. The Bertz CT molecular complexity index is 745. The number of fused-ring (bicyclic) bond motifs is 1. The number of aromatic nitrogens is 1. The molecule has 1 aliphatic rings. The van der Waals surface area contributed by atoms with Crippen molar-refractivity contribution in [3.63, 3.8) is 0 Å². The van der Waals surface area contributed by atoms with Crippen molar-refractivity contribution in [2.75, 3.05) is 0 Å². The zero-order chi connectivity index (χ0) is 14.8. The Balaban J connectivity index is 1.44. The Morgan fingerprint density at radius 3 is 2.95 bits per heavy atom. The lowest BCUT2D eigenvalue weighted by molar-refractivity contribution is 0.462. The van der Waals surface area contributed by atoms with E-state index in [4.69, 9.17) is 4.98 Å². The molecule has 0 aliphatic heterocycles. The smallest absolute Gasteiger partial charge is 0.107 e. The SMILES string of the molecule is c1ccc(-c2csc(CNC3CCCc4sccc43)n2)cc1. The summed E-state index contributed by atoms with van der Waals surface area (Å²) in [7, 11) is 0. The first-order valence-corrected chi connectivity index (χ1v) is 9.45. The number of hydrogen-bond acceptors (Lipinski definition) is 4. The second kappa shape index (κ2) is 6.32. The average molecular weight is 326 g/mol. The summed E-state index contributed by atoms with van der Waals surface area (Å²) >= 11 is 3.64. The van der Waals surface area contributed by atoms with Gasteiger partial charge in [0.15, 0.2) is 0 Å². The van der Waals surface area contributed by atoms with Crippen LogP contribution >= 0.6 is 22.7 Å². The normalized spacial score (nSPS) is 17.4. The van der Waals surface area contributed by atoms with Crippen molar-refractivity contribution in [3.05, 3.63) is 62.6 Å². The van der Waals surface area contributed by atoms with E-state index in [0.29, 0.717) is 6.04 Å². The molecule has 22 heavy (non-hydrogen) atoms. The van der Waals surface area contributed by atoms with Gasteiger partial charge in [0, 0.05) is 28.4 Å². The fraction of sp³-hybridized carbons (Fsp3) is 0.278. The maximum atomic E-state index is 4.77. The van der Waals surface area contributed by atoms with Crippen LogP contribution in [0.4, 0.5) is 0 Å². The summed E-state index contributed by atoms with van der Waals surface area (Å²) in [5, 5.41) is 9.25. The number of nitrogens with one attached hydrogen (secondary N) is 1. The zero-order valence-electron chi connectivity index (χ0n) is 12.3. The van der Waals surface area contributed by atoms with Gasteiger partial charge in [0.05, 0.1) is 5.69 Å². The molecule has 0 fully saturated rings. The third-order valence-corrected chi connectivity index (χ3v) is 6.02. The molecule has 112 valence electrons. The molecule has 2 aromatic heterocycles. The maximum absolute atomic E-state index is 4.77. The van der Waals surface area contributed by atoms with Gasteiger partial charge in [0.25, 0.3) is 0 Å². The molecule has 2 nitrogen and oxygen atoms in total. The molecule has 1 aromatic carbocycles. The number of thiophene rings is 1. The minimum absolute atomic E-state index is 0.499. The molecule has 0 bridgehead atoms. The first-order valence-electron chi connectivity index (χ1n) is 7.69. The second-order valence-electron chi connectivity index (χ2n) is 5.62. The number of thiazole rings is 1. The highest BCUT2D eigenvalue weighted by molar-refractivity contribution is 7.10. The molecule has 3 aromatic rings. The molecule has 0 radical (unpaired) electrons. The largest absolute Gasteiger partial charge is 0.304 e. The quantitative estimate of drug-likeness (QED) is 0.726. The topological polar surface area (TPSA) is 24.9 Å². The third-order valence-electron chi connectivity index (χ3n) is 4.17. The lowest BCUT2D eigenvalue weighted by Gasteiger charge is -2.23. The number of aryl methyl sites for hydroxylation is 1. The number of rotatable bonds is 4. The highest BCUT2D eigenvalue weighted by Crippen LogP contribution is 2.33. The Hall–Kier alpha value is -1.49. The zero-order valence-corrected chi connectivity index (χ0v) is 13.9. The summed E-state index contributed by atoms with van der Waals surface area (Å²) in [5.41, 5.74) is 3.79. The summed E-state index contributed by atoms with van der Waals surface area (Å²) < 4.78 is 0. The summed E-state index contributed by atoms with van der Waals surface area (Å²) in [4.78, 5) is 6.33. The van der Waals surface area contributed by atoms with Crippen molar-refractivity contribution < 1.29 is 0 Å². The van der Waals surface area contributed by atoms with E-state index in [1.807, 2.05) is 17.4 Å². The number of benzene rings is 1. The van der Waals surface area contributed by atoms with Crippen LogP contribution in [0.1, 0.15) is 34.3 Å². The number of hydrogen-bond donors (Lipinski definition) is 1. The minimum atomic E-state index is 0.499. The molecule has 1 N–H and O–H groups in total. The number of nitrogens with zero attached hydrogens (tertiary/aromatic N) is 1. The van der Waals surface area contributed by atoms with Gasteiger partial charge in [0.2, 0.25) is 0 Å². The minimum Gasteiger partial charge on any atom is -0.304 e. The molecule has 1 unspecified atom stereocenters. The van der Waals surface area contributed by atoms with Crippen LogP contribution in [0.2, 0.25) is 0 Å². The molecule has 0 spiro atoms. The van der Waals surface area contributed by atoms with Gasteiger partial charge in [-0.25, -0.2) is 4.98 Å². The van der Waals surface area contributed by atoms with Crippen LogP contribution in [-0.2, 0) is 13.0 Å². The van der Waals surface area contributed by atoms with Crippen LogP contribution in [0, 0.1) is 0 Å². The highest BCUT2D eigenvalue weighted by Gasteiger charge is 2.20. The second-order valence-corrected chi connectivity index (χ2v) is 7.56. The van der Waals surface area contributed by atoms with Crippen LogP contribution in [0.3, 0.4) is 0 Å². The van der Waals surface area contributed by atoms with Gasteiger partial charge in [-0.05, 0) is 36.3 Å². The summed E-state index contributed by atoms with van der Waals surface area (Å²) in [6.07, 6.45) is 3.78.